The van der Waals surface area contributed by atoms with Crippen LogP contribution in [-0.2, 0) is 6.54 Å². The van der Waals surface area contributed by atoms with Crippen LogP contribution in [-0.4, -0.2) is 39.9 Å². The molecule has 2 heterocycles. The first-order valence-corrected chi connectivity index (χ1v) is 7.56. The molecule has 1 aromatic carbocycles. The number of piperidine rings is 1. The minimum absolute atomic E-state index is 0.275. The summed E-state index contributed by atoms with van der Waals surface area (Å²) in [6, 6.07) is 9.83. The Hall–Kier alpha value is -1.72. The van der Waals surface area contributed by atoms with Gasteiger partial charge in [0.2, 0.25) is 11.8 Å². The van der Waals surface area contributed by atoms with Gasteiger partial charge in [0.15, 0.2) is 0 Å². The lowest BCUT2D eigenvalue weighted by atomic mass is 9.95. The number of rotatable bonds is 5. The highest BCUT2D eigenvalue weighted by molar-refractivity contribution is 5.51. The van der Waals surface area contributed by atoms with Crippen LogP contribution in [0.1, 0.15) is 25.2 Å². The third kappa shape index (κ3) is 3.68. The van der Waals surface area contributed by atoms with Crippen LogP contribution in [0.5, 0.6) is 0 Å². The Morgan fingerprint density at radius 3 is 2.90 bits per heavy atom. The standard InChI is InChI=1S/C16H21N3O2/c20-10-8-13-5-4-9-19(11-13)12-15-17-18-16(21-15)14-6-2-1-3-7-14/h1-3,6-7,13,20H,4-5,8-12H2. The van der Waals surface area contributed by atoms with E-state index in [0.29, 0.717) is 24.2 Å². The van der Waals surface area contributed by atoms with Crippen LogP contribution in [0.25, 0.3) is 11.5 Å². The van der Waals surface area contributed by atoms with Crippen LogP contribution in [0.4, 0.5) is 0 Å². The molecule has 21 heavy (non-hydrogen) atoms. The number of aromatic nitrogens is 2. The van der Waals surface area contributed by atoms with E-state index in [1.165, 1.54) is 12.8 Å². The van der Waals surface area contributed by atoms with Crippen molar-refractivity contribution in [3.8, 4) is 11.5 Å². The average molecular weight is 287 g/mol. The van der Waals surface area contributed by atoms with Crippen molar-refractivity contribution in [2.24, 2.45) is 5.92 Å². The molecule has 1 N–H and O–H groups in total. The van der Waals surface area contributed by atoms with E-state index < -0.39 is 0 Å². The molecule has 112 valence electrons. The highest BCUT2D eigenvalue weighted by Crippen LogP contribution is 2.22. The largest absolute Gasteiger partial charge is 0.419 e. The lowest BCUT2D eigenvalue weighted by Crippen LogP contribution is -2.35. The van der Waals surface area contributed by atoms with Crippen molar-refractivity contribution in [2.45, 2.75) is 25.8 Å². The number of likely N-dealkylation sites (tertiary alicyclic amines) is 1. The number of hydrogen-bond acceptors (Lipinski definition) is 5. The fourth-order valence-electron chi connectivity index (χ4n) is 2.92. The van der Waals surface area contributed by atoms with Crippen LogP contribution >= 0.6 is 0 Å². The molecule has 5 nitrogen and oxygen atoms in total. The van der Waals surface area contributed by atoms with Crippen molar-refractivity contribution < 1.29 is 9.52 Å². The van der Waals surface area contributed by atoms with Gasteiger partial charge >= 0.3 is 0 Å². The SMILES string of the molecule is OCCC1CCCN(Cc2nnc(-c3ccccc3)o2)C1. The Morgan fingerprint density at radius 2 is 2.10 bits per heavy atom. The molecule has 0 aliphatic carbocycles. The third-order valence-electron chi connectivity index (χ3n) is 3.99. The van der Waals surface area contributed by atoms with Crippen LogP contribution in [0.15, 0.2) is 34.7 Å². The maximum Gasteiger partial charge on any atom is 0.247 e. The van der Waals surface area contributed by atoms with E-state index in [0.717, 1.165) is 25.1 Å². The summed E-state index contributed by atoms with van der Waals surface area (Å²) in [7, 11) is 0. The van der Waals surface area contributed by atoms with E-state index in [2.05, 4.69) is 15.1 Å². The molecule has 1 atom stereocenters. The maximum atomic E-state index is 9.06. The van der Waals surface area contributed by atoms with Gasteiger partial charge < -0.3 is 9.52 Å². The molecular formula is C16H21N3O2. The van der Waals surface area contributed by atoms with Gasteiger partial charge in [0.05, 0.1) is 6.54 Å². The first-order chi connectivity index (χ1) is 10.3. The summed E-state index contributed by atoms with van der Waals surface area (Å²) in [6.45, 7) is 3.04. The zero-order valence-electron chi connectivity index (χ0n) is 12.1. The summed E-state index contributed by atoms with van der Waals surface area (Å²) < 4.78 is 5.75. The summed E-state index contributed by atoms with van der Waals surface area (Å²) in [5, 5.41) is 17.3. The van der Waals surface area contributed by atoms with Crippen molar-refractivity contribution in [3.05, 3.63) is 36.2 Å². The van der Waals surface area contributed by atoms with Gasteiger partial charge in [-0.15, -0.1) is 10.2 Å². The second-order valence-corrected chi connectivity index (χ2v) is 5.62. The van der Waals surface area contributed by atoms with E-state index in [1.54, 1.807) is 0 Å². The maximum absolute atomic E-state index is 9.06. The molecular weight excluding hydrogens is 266 g/mol. The van der Waals surface area contributed by atoms with E-state index in [-0.39, 0.29) is 6.61 Å². The molecule has 1 saturated heterocycles. The molecule has 1 unspecified atom stereocenters. The Balaban J connectivity index is 1.62. The van der Waals surface area contributed by atoms with Gasteiger partial charge in [-0.2, -0.15) is 0 Å². The van der Waals surface area contributed by atoms with Gasteiger partial charge in [-0.3, -0.25) is 4.90 Å². The molecule has 3 rings (SSSR count). The van der Waals surface area contributed by atoms with Gasteiger partial charge in [-0.1, -0.05) is 18.2 Å². The van der Waals surface area contributed by atoms with E-state index in [1.807, 2.05) is 30.3 Å². The number of hydrogen-bond donors (Lipinski definition) is 1. The average Bonchev–Trinajstić information content (AvgIpc) is 2.97. The summed E-state index contributed by atoms with van der Waals surface area (Å²) >= 11 is 0. The first-order valence-electron chi connectivity index (χ1n) is 7.56. The predicted molar refractivity (Wildman–Crippen MR) is 79.4 cm³/mol. The Bertz CT molecular complexity index is 554. The molecule has 0 amide bonds. The van der Waals surface area contributed by atoms with Crippen LogP contribution in [0.3, 0.4) is 0 Å². The Morgan fingerprint density at radius 1 is 1.24 bits per heavy atom. The highest BCUT2D eigenvalue weighted by atomic mass is 16.4. The highest BCUT2D eigenvalue weighted by Gasteiger charge is 2.21. The number of benzene rings is 1. The second-order valence-electron chi connectivity index (χ2n) is 5.62. The Labute approximate surface area is 124 Å². The number of aliphatic hydroxyl groups excluding tert-OH is 1. The second kappa shape index (κ2) is 6.83. The predicted octanol–water partition coefficient (Wildman–Crippen LogP) is 2.33. The van der Waals surface area contributed by atoms with Crippen molar-refractivity contribution in [1.29, 1.82) is 0 Å². The molecule has 1 fully saturated rings. The fourth-order valence-corrected chi connectivity index (χ4v) is 2.92. The molecule has 0 bridgehead atoms. The fraction of sp³-hybridized carbons (Fsp3) is 0.500. The summed E-state index contributed by atoms with van der Waals surface area (Å²) in [5.41, 5.74) is 0.952. The normalized spacial score (nSPS) is 19.8. The van der Waals surface area contributed by atoms with Gasteiger partial charge in [0.1, 0.15) is 0 Å². The zero-order chi connectivity index (χ0) is 14.5. The molecule has 0 spiro atoms. The van der Waals surface area contributed by atoms with E-state index in [4.69, 9.17) is 9.52 Å². The van der Waals surface area contributed by atoms with Crippen molar-refractivity contribution in [1.82, 2.24) is 15.1 Å². The van der Waals surface area contributed by atoms with E-state index in [9.17, 15) is 0 Å². The van der Waals surface area contributed by atoms with Crippen LogP contribution in [0.2, 0.25) is 0 Å². The molecule has 1 aromatic heterocycles. The lowest BCUT2D eigenvalue weighted by Gasteiger charge is -2.31. The van der Waals surface area contributed by atoms with Gasteiger partial charge in [0, 0.05) is 18.7 Å². The van der Waals surface area contributed by atoms with E-state index >= 15 is 0 Å². The van der Waals surface area contributed by atoms with Crippen molar-refractivity contribution in [2.75, 3.05) is 19.7 Å². The summed E-state index contributed by atoms with van der Waals surface area (Å²) in [5.74, 6) is 1.83. The summed E-state index contributed by atoms with van der Waals surface area (Å²) in [6.07, 6.45) is 3.26. The van der Waals surface area contributed by atoms with Crippen LogP contribution < -0.4 is 0 Å². The number of nitrogens with zero attached hydrogens (tertiary/aromatic N) is 3. The molecule has 5 heteroatoms. The molecule has 1 aliphatic heterocycles. The molecule has 2 aromatic rings. The van der Waals surface area contributed by atoms with Gasteiger partial charge in [-0.05, 0) is 43.9 Å². The molecule has 1 aliphatic rings. The summed E-state index contributed by atoms with van der Waals surface area (Å²) in [4.78, 5) is 2.34. The minimum Gasteiger partial charge on any atom is -0.419 e. The van der Waals surface area contributed by atoms with Gasteiger partial charge in [0.25, 0.3) is 0 Å². The van der Waals surface area contributed by atoms with Crippen molar-refractivity contribution in [3.63, 3.8) is 0 Å². The smallest absolute Gasteiger partial charge is 0.247 e. The number of aliphatic hydroxyl groups is 1. The molecule has 0 saturated carbocycles. The molecule has 0 radical (unpaired) electrons. The minimum atomic E-state index is 0.275. The zero-order valence-corrected chi connectivity index (χ0v) is 12.1. The van der Waals surface area contributed by atoms with Crippen molar-refractivity contribution >= 4 is 0 Å². The lowest BCUT2D eigenvalue weighted by molar-refractivity contribution is 0.133. The quantitative estimate of drug-likeness (QED) is 0.914. The van der Waals surface area contributed by atoms with Crippen LogP contribution in [0, 0.1) is 5.92 Å². The van der Waals surface area contributed by atoms with Gasteiger partial charge in [-0.25, -0.2) is 0 Å². The Kier molecular flexibility index (Phi) is 4.62. The topological polar surface area (TPSA) is 62.4 Å². The third-order valence-corrected chi connectivity index (χ3v) is 3.99. The first kappa shape index (κ1) is 14.2. The monoisotopic (exact) mass is 287 g/mol.